The molecule has 0 radical (unpaired) electrons. The van der Waals surface area contributed by atoms with Crippen LogP contribution in [0.5, 0.6) is 0 Å². The van der Waals surface area contributed by atoms with Crippen molar-refractivity contribution in [2.45, 2.75) is 44.8 Å². The molecule has 0 bridgehead atoms. The molecule has 1 unspecified atom stereocenters. The monoisotopic (exact) mass is 250 g/mol. The Morgan fingerprint density at radius 3 is 2.94 bits per heavy atom. The van der Waals surface area contributed by atoms with Crippen molar-refractivity contribution in [1.82, 2.24) is 10.6 Å². The lowest BCUT2D eigenvalue weighted by Gasteiger charge is -2.21. The maximum atomic E-state index is 13.2. The summed E-state index contributed by atoms with van der Waals surface area (Å²) in [6.07, 6.45) is 1.96. The molecule has 3 atom stereocenters. The van der Waals surface area contributed by atoms with Crippen LogP contribution in [0, 0.1) is 5.82 Å². The first kappa shape index (κ1) is 13.0. The number of nitrogens with one attached hydrogen (secondary N) is 2. The molecule has 1 aliphatic rings. The standard InChI is InChI=1S/C14H19FN2O/c1-9(16-10(2)18)13-6-7-14(17-13)11-4-3-5-12(15)8-11/h3-5,8-9,13-14,17H,6-7H2,1-2H3,(H,16,18)/t9-,13?,14-/m0/s1. The quantitative estimate of drug-likeness (QED) is 0.863. The third kappa shape index (κ3) is 3.07. The third-order valence-corrected chi connectivity index (χ3v) is 3.47. The molecule has 1 amide bonds. The Bertz CT molecular complexity index is 436. The summed E-state index contributed by atoms with van der Waals surface area (Å²) in [5.41, 5.74) is 0.979. The van der Waals surface area contributed by atoms with E-state index in [1.807, 2.05) is 13.0 Å². The maximum Gasteiger partial charge on any atom is 0.217 e. The second-order valence-corrected chi connectivity index (χ2v) is 4.95. The van der Waals surface area contributed by atoms with Crippen molar-refractivity contribution in [2.75, 3.05) is 0 Å². The van der Waals surface area contributed by atoms with Crippen LogP contribution in [0.3, 0.4) is 0 Å². The number of carbonyl (C=O) groups excluding carboxylic acids is 1. The largest absolute Gasteiger partial charge is 0.352 e. The van der Waals surface area contributed by atoms with Crippen LogP contribution in [0.25, 0.3) is 0 Å². The number of hydrogen-bond acceptors (Lipinski definition) is 2. The highest BCUT2D eigenvalue weighted by Gasteiger charge is 2.29. The molecule has 1 heterocycles. The first-order chi connectivity index (χ1) is 8.56. The molecule has 18 heavy (non-hydrogen) atoms. The van der Waals surface area contributed by atoms with Gasteiger partial charge in [-0.3, -0.25) is 4.79 Å². The van der Waals surface area contributed by atoms with Crippen LogP contribution < -0.4 is 10.6 Å². The van der Waals surface area contributed by atoms with Crippen LogP contribution in [0.1, 0.15) is 38.3 Å². The Balaban J connectivity index is 1.98. The molecule has 4 heteroatoms. The van der Waals surface area contributed by atoms with Gasteiger partial charge in [0, 0.05) is 25.0 Å². The molecule has 2 rings (SSSR count). The number of halogens is 1. The van der Waals surface area contributed by atoms with Crippen LogP contribution in [0.4, 0.5) is 4.39 Å². The summed E-state index contributed by atoms with van der Waals surface area (Å²) in [6, 6.07) is 7.23. The van der Waals surface area contributed by atoms with E-state index in [1.165, 1.54) is 13.0 Å². The Morgan fingerprint density at radius 2 is 2.28 bits per heavy atom. The summed E-state index contributed by atoms with van der Waals surface area (Å²) in [5, 5.41) is 6.35. The molecule has 1 fully saturated rings. The average molecular weight is 250 g/mol. The average Bonchev–Trinajstić information content (AvgIpc) is 2.77. The second kappa shape index (κ2) is 5.48. The molecule has 1 aromatic carbocycles. The molecule has 0 aromatic heterocycles. The SMILES string of the molecule is CC(=O)N[C@@H](C)C1CC[C@@H](c2cccc(F)c2)N1. The predicted molar refractivity (Wildman–Crippen MR) is 68.6 cm³/mol. The van der Waals surface area contributed by atoms with Gasteiger partial charge in [0.2, 0.25) is 5.91 Å². The van der Waals surface area contributed by atoms with Gasteiger partial charge in [-0.25, -0.2) is 4.39 Å². The molecule has 98 valence electrons. The fourth-order valence-electron chi connectivity index (χ4n) is 2.57. The van der Waals surface area contributed by atoms with Crippen LogP contribution in [0.15, 0.2) is 24.3 Å². The summed E-state index contributed by atoms with van der Waals surface area (Å²) in [6.45, 7) is 3.52. The number of rotatable bonds is 3. The normalized spacial score (nSPS) is 24.8. The van der Waals surface area contributed by atoms with Crippen molar-refractivity contribution >= 4 is 5.91 Å². The van der Waals surface area contributed by atoms with E-state index in [0.29, 0.717) is 0 Å². The lowest BCUT2D eigenvalue weighted by molar-refractivity contribution is -0.119. The molecule has 0 aliphatic carbocycles. The summed E-state index contributed by atoms with van der Waals surface area (Å²) >= 11 is 0. The van der Waals surface area contributed by atoms with E-state index >= 15 is 0 Å². The highest BCUT2D eigenvalue weighted by molar-refractivity contribution is 5.73. The molecular weight excluding hydrogens is 231 g/mol. The van der Waals surface area contributed by atoms with Crippen molar-refractivity contribution in [3.8, 4) is 0 Å². The van der Waals surface area contributed by atoms with Crippen LogP contribution in [0.2, 0.25) is 0 Å². The summed E-state index contributed by atoms with van der Waals surface area (Å²) < 4.78 is 13.2. The first-order valence-corrected chi connectivity index (χ1v) is 6.35. The van der Waals surface area contributed by atoms with Crippen molar-refractivity contribution < 1.29 is 9.18 Å². The van der Waals surface area contributed by atoms with Crippen molar-refractivity contribution in [2.24, 2.45) is 0 Å². The minimum Gasteiger partial charge on any atom is -0.352 e. The minimum absolute atomic E-state index is 0.0153. The van der Waals surface area contributed by atoms with E-state index in [2.05, 4.69) is 10.6 Å². The van der Waals surface area contributed by atoms with Crippen LogP contribution in [-0.2, 0) is 4.79 Å². The molecule has 1 aliphatic heterocycles. The summed E-state index contributed by atoms with van der Waals surface area (Å²) in [5.74, 6) is -0.217. The van der Waals surface area contributed by atoms with Gasteiger partial charge >= 0.3 is 0 Å². The van der Waals surface area contributed by atoms with Gasteiger partial charge in [-0.05, 0) is 37.5 Å². The van der Waals surface area contributed by atoms with Crippen LogP contribution in [-0.4, -0.2) is 18.0 Å². The van der Waals surface area contributed by atoms with E-state index < -0.39 is 0 Å². The van der Waals surface area contributed by atoms with Gasteiger partial charge in [-0.2, -0.15) is 0 Å². The van der Waals surface area contributed by atoms with Gasteiger partial charge < -0.3 is 10.6 Å². The van der Waals surface area contributed by atoms with E-state index in [1.54, 1.807) is 12.1 Å². The molecule has 0 spiro atoms. The van der Waals surface area contributed by atoms with E-state index in [9.17, 15) is 9.18 Å². The highest BCUT2D eigenvalue weighted by Crippen LogP contribution is 2.28. The molecular formula is C14H19FN2O. The van der Waals surface area contributed by atoms with E-state index in [4.69, 9.17) is 0 Å². The zero-order chi connectivity index (χ0) is 13.1. The Hall–Kier alpha value is -1.42. The smallest absolute Gasteiger partial charge is 0.217 e. The number of carbonyl (C=O) groups is 1. The van der Waals surface area contributed by atoms with Gasteiger partial charge in [0.05, 0.1) is 0 Å². The molecule has 1 saturated heterocycles. The molecule has 3 nitrogen and oxygen atoms in total. The fraction of sp³-hybridized carbons (Fsp3) is 0.500. The van der Waals surface area contributed by atoms with Crippen molar-refractivity contribution in [1.29, 1.82) is 0 Å². The molecule has 2 N–H and O–H groups in total. The predicted octanol–water partition coefficient (Wildman–Crippen LogP) is 2.14. The fourth-order valence-corrected chi connectivity index (χ4v) is 2.57. The number of hydrogen-bond donors (Lipinski definition) is 2. The summed E-state index contributed by atoms with van der Waals surface area (Å²) in [7, 11) is 0. The van der Waals surface area contributed by atoms with Crippen molar-refractivity contribution in [3.05, 3.63) is 35.6 Å². The highest BCUT2D eigenvalue weighted by atomic mass is 19.1. The molecule has 0 saturated carbocycles. The molecule has 1 aromatic rings. The van der Waals surface area contributed by atoms with Crippen molar-refractivity contribution in [3.63, 3.8) is 0 Å². The maximum absolute atomic E-state index is 13.2. The minimum atomic E-state index is -0.201. The third-order valence-electron chi connectivity index (χ3n) is 3.47. The van der Waals surface area contributed by atoms with Gasteiger partial charge in [0.15, 0.2) is 0 Å². The Kier molecular flexibility index (Phi) is 3.97. The van der Waals surface area contributed by atoms with E-state index in [-0.39, 0.29) is 29.8 Å². The first-order valence-electron chi connectivity index (χ1n) is 6.35. The number of benzene rings is 1. The number of amides is 1. The Labute approximate surface area is 107 Å². The van der Waals surface area contributed by atoms with Gasteiger partial charge in [0.25, 0.3) is 0 Å². The second-order valence-electron chi connectivity index (χ2n) is 4.95. The van der Waals surface area contributed by atoms with Gasteiger partial charge in [0.1, 0.15) is 5.82 Å². The zero-order valence-electron chi connectivity index (χ0n) is 10.7. The lowest BCUT2D eigenvalue weighted by Crippen LogP contribution is -2.45. The zero-order valence-corrected chi connectivity index (χ0v) is 10.7. The Morgan fingerprint density at radius 1 is 1.50 bits per heavy atom. The van der Waals surface area contributed by atoms with Crippen LogP contribution >= 0.6 is 0 Å². The van der Waals surface area contributed by atoms with Gasteiger partial charge in [-0.15, -0.1) is 0 Å². The topological polar surface area (TPSA) is 41.1 Å². The van der Waals surface area contributed by atoms with Gasteiger partial charge in [-0.1, -0.05) is 12.1 Å². The summed E-state index contributed by atoms with van der Waals surface area (Å²) in [4.78, 5) is 11.0. The lowest BCUT2D eigenvalue weighted by atomic mass is 10.0. The van der Waals surface area contributed by atoms with E-state index in [0.717, 1.165) is 18.4 Å².